The Hall–Kier alpha value is -0.570. The Balaban J connectivity index is 2.51. The van der Waals surface area contributed by atoms with E-state index in [0.29, 0.717) is 6.54 Å². The second kappa shape index (κ2) is 3.01. The minimum atomic E-state index is 0.0961. The molecule has 0 spiro atoms. The maximum atomic E-state index is 11.2. The second-order valence-electron chi connectivity index (χ2n) is 2.83. The Morgan fingerprint density at radius 3 is 3.00 bits per heavy atom. The van der Waals surface area contributed by atoms with Crippen LogP contribution in [0.2, 0.25) is 0 Å². The Labute approximate surface area is 61.2 Å². The van der Waals surface area contributed by atoms with Gasteiger partial charge >= 0.3 is 0 Å². The van der Waals surface area contributed by atoms with Gasteiger partial charge in [-0.3, -0.25) is 4.79 Å². The maximum Gasteiger partial charge on any atom is 0.226 e. The molecule has 0 saturated carbocycles. The predicted molar refractivity (Wildman–Crippen MR) is 39.4 cm³/mol. The van der Waals surface area contributed by atoms with Crippen LogP contribution in [0, 0.1) is 5.92 Å². The van der Waals surface area contributed by atoms with Gasteiger partial charge in [0.1, 0.15) is 0 Å². The summed E-state index contributed by atoms with van der Waals surface area (Å²) in [6.45, 7) is 1.40. The fourth-order valence-electron chi connectivity index (χ4n) is 1.34. The van der Waals surface area contributed by atoms with E-state index in [1.165, 1.54) is 0 Å². The van der Waals surface area contributed by atoms with Crippen LogP contribution in [0.15, 0.2) is 0 Å². The highest BCUT2D eigenvalue weighted by atomic mass is 16.2. The minimum Gasteiger partial charge on any atom is -0.345 e. The quantitative estimate of drug-likeness (QED) is 0.551. The van der Waals surface area contributed by atoms with E-state index in [0.717, 1.165) is 19.4 Å². The first kappa shape index (κ1) is 7.54. The van der Waals surface area contributed by atoms with Gasteiger partial charge in [0, 0.05) is 20.1 Å². The van der Waals surface area contributed by atoms with Crippen LogP contribution in [0.25, 0.3) is 0 Å². The molecule has 0 unspecified atom stereocenters. The van der Waals surface area contributed by atoms with E-state index in [4.69, 9.17) is 5.73 Å². The molecule has 58 valence electrons. The summed E-state index contributed by atoms with van der Waals surface area (Å²) in [5.41, 5.74) is 5.41. The van der Waals surface area contributed by atoms with E-state index >= 15 is 0 Å². The first-order valence-electron chi connectivity index (χ1n) is 3.70. The summed E-state index contributed by atoms with van der Waals surface area (Å²) in [6, 6.07) is 0. The topological polar surface area (TPSA) is 46.3 Å². The van der Waals surface area contributed by atoms with Gasteiger partial charge in [-0.2, -0.15) is 0 Å². The van der Waals surface area contributed by atoms with Crippen molar-refractivity contribution in [2.75, 3.05) is 20.1 Å². The highest BCUT2D eigenvalue weighted by molar-refractivity contribution is 5.79. The molecule has 1 aliphatic heterocycles. The van der Waals surface area contributed by atoms with E-state index < -0.39 is 0 Å². The van der Waals surface area contributed by atoms with Crippen molar-refractivity contribution in [2.45, 2.75) is 12.8 Å². The van der Waals surface area contributed by atoms with Gasteiger partial charge in [-0.1, -0.05) is 0 Å². The van der Waals surface area contributed by atoms with E-state index in [-0.39, 0.29) is 11.8 Å². The number of hydrogen-bond donors (Lipinski definition) is 1. The first-order chi connectivity index (χ1) is 4.75. The molecule has 2 N–H and O–H groups in total. The number of hydrogen-bond acceptors (Lipinski definition) is 2. The van der Waals surface area contributed by atoms with Crippen molar-refractivity contribution < 1.29 is 4.79 Å². The average Bonchev–Trinajstić information content (AvgIpc) is 1.95. The lowest BCUT2D eigenvalue weighted by Gasteiger charge is -2.28. The lowest BCUT2D eigenvalue weighted by molar-refractivity contribution is -0.136. The van der Waals surface area contributed by atoms with Crippen LogP contribution in [-0.4, -0.2) is 30.9 Å². The van der Waals surface area contributed by atoms with Crippen LogP contribution in [0.5, 0.6) is 0 Å². The molecular formula is C7H14N2O. The third-order valence-electron chi connectivity index (χ3n) is 2.06. The van der Waals surface area contributed by atoms with Gasteiger partial charge in [-0.15, -0.1) is 0 Å². The van der Waals surface area contributed by atoms with Crippen LogP contribution in [0.3, 0.4) is 0 Å². The molecule has 10 heavy (non-hydrogen) atoms. The van der Waals surface area contributed by atoms with Crippen molar-refractivity contribution in [3.8, 4) is 0 Å². The fraction of sp³-hybridized carbons (Fsp3) is 0.857. The molecule has 1 fully saturated rings. The number of carbonyl (C=O) groups excluding carboxylic acids is 1. The Bertz CT molecular complexity index is 136. The van der Waals surface area contributed by atoms with Gasteiger partial charge in [-0.25, -0.2) is 0 Å². The molecule has 3 heteroatoms. The fourth-order valence-corrected chi connectivity index (χ4v) is 1.34. The van der Waals surface area contributed by atoms with Crippen molar-refractivity contribution >= 4 is 5.91 Å². The van der Waals surface area contributed by atoms with Gasteiger partial charge in [-0.05, 0) is 12.8 Å². The third-order valence-corrected chi connectivity index (χ3v) is 2.06. The average molecular weight is 142 g/mol. The van der Waals surface area contributed by atoms with Gasteiger partial charge in [0.05, 0.1) is 5.92 Å². The predicted octanol–water partition coefficient (Wildman–Crippen LogP) is -0.186. The second-order valence-corrected chi connectivity index (χ2v) is 2.83. The number of nitrogens with zero attached hydrogens (tertiary/aromatic N) is 1. The zero-order valence-electron chi connectivity index (χ0n) is 6.34. The number of nitrogens with two attached hydrogens (primary N) is 1. The maximum absolute atomic E-state index is 11.2. The van der Waals surface area contributed by atoms with Gasteiger partial charge in [0.25, 0.3) is 0 Å². The van der Waals surface area contributed by atoms with Gasteiger partial charge in [0.15, 0.2) is 0 Å². The highest BCUT2D eigenvalue weighted by Crippen LogP contribution is 2.14. The first-order valence-corrected chi connectivity index (χ1v) is 3.70. The summed E-state index contributed by atoms with van der Waals surface area (Å²) in [6.07, 6.45) is 2.07. The summed E-state index contributed by atoms with van der Waals surface area (Å²) in [5, 5.41) is 0. The zero-order chi connectivity index (χ0) is 7.56. The molecule has 1 rings (SSSR count). The summed E-state index contributed by atoms with van der Waals surface area (Å²) < 4.78 is 0. The third kappa shape index (κ3) is 1.29. The molecule has 0 aromatic rings. The summed E-state index contributed by atoms with van der Waals surface area (Å²) in [5.74, 6) is 0.312. The largest absolute Gasteiger partial charge is 0.345 e. The molecule has 1 heterocycles. The van der Waals surface area contributed by atoms with E-state index in [2.05, 4.69) is 0 Å². The van der Waals surface area contributed by atoms with Crippen LogP contribution in [0.1, 0.15) is 12.8 Å². The van der Waals surface area contributed by atoms with Crippen LogP contribution >= 0.6 is 0 Å². The molecule has 1 amide bonds. The lowest BCUT2D eigenvalue weighted by Crippen LogP contribution is -2.41. The van der Waals surface area contributed by atoms with E-state index in [9.17, 15) is 4.79 Å². The minimum absolute atomic E-state index is 0.0961. The van der Waals surface area contributed by atoms with Crippen molar-refractivity contribution in [3.05, 3.63) is 0 Å². The monoisotopic (exact) mass is 142 g/mol. The number of piperidine rings is 1. The zero-order valence-corrected chi connectivity index (χ0v) is 6.34. The molecule has 1 aliphatic rings. The van der Waals surface area contributed by atoms with Crippen LogP contribution in [0.4, 0.5) is 0 Å². The molecule has 0 aromatic carbocycles. The highest BCUT2D eigenvalue weighted by Gasteiger charge is 2.24. The molecule has 0 aliphatic carbocycles. The summed E-state index contributed by atoms with van der Waals surface area (Å²) in [4.78, 5) is 13.0. The molecule has 1 saturated heterocycles. The SMILES string of the molecule is CN1CCC[C@H](CN)C1=O. The summed E-state index contributed by atoms with van der Waals surface area (Å²) >= 11 is 0. The lowest BCUT2D eigenvalue weighted by atomic mass is 9.98. The molecule has 3 nitrogen and oxygen atoms in total. The van der Waals surface area contributed by atoms with Crippen LogP contribution in [-0.2, 0) is 4.79 Å². The molecule has 0 radical (unpaired) electrons. The molecule has 1 atom stereocenters. The molecule has 0 bridgehead atoms. The smallest absolute Gasteiger partial charge is 0.226 e. The van der Waals surface area contributed by atoms with Crippen molar-refractivity contribution in [1.82, 2.24) is 4.90 Å². The number of rotatable bonds is 1. The normalized spacial score (nSPS) is 27.2. The Morgan fingerprint density at radius 2 is 2.50 bits per heavy atom. The van der Waals surface area contributed by atoms with Crippen molar-refractivity contribution in [2.24, 2.45) is 11.7 Å². The molecular weight excluding hydrogens is 128 g/mol. The van der Waals surface area contributed by atoms with Gasteiger partial charge < -0.3 is 10.6 Å². The Morgan fingerprint density at radius 1 is 1.80 bits per heavy atom. The summed E-state index contributed by atoms with van der Waals surface area (Å²) in [7, 11) is 1.84. The van der Waals surface area contributed by atoms with Gasteiger partial charge in [0.2, 0.25) is 5.91 Å². The van der Waals surface area contributed by atoms with E-state index in [1.54, 1.807) is 4.90 Å². The van der Waals surface area contributed by atoms with Crippen LogP contribution < -0.4 is 5.73 Å². The van der Waals surface area contributed by atoms with Crippen molar-refractivity contribution in [1.29, 1.82) is 0 Å². The van der Waals surface area contributed by atoms with Crippen molar-refractivity contribution in [3.63, 3.8) is 0 Å². The molecule has 0 aromatic heterocycles. The number of likely N-dealkylation sites (tertiary alicyclic amines) is 1. The number of amides is 1. The number of carbonyl (C=O) groups is 1. The van der Waals surface area contributed by atoms with E-state index in [1.807, 2.05) is 7.05 Å². The Kier molecular flexibility index (Phi) is 2.27. The standard InChI is InChI=1S/C7H14N2O/c1-9-4-2-3-6(5-8)7(9)10/h6H,2-5,8H2,1H3/t6-/m1/s1.